The fourth-order valence-electron chi connectivity index (χ4n) is 3.19. The largest absolute Gasteiger partial charge is 0.405 e. The van der Waals surface area contributed by atoms with Gasteiger partial charge < -0.3 is 11.1 Å². The van der Waals surface area contributed by atoms with Crippen molar-refractivity contribution in [2.24, 2.45) is 5.73 Å². The topological polar surface area (TPSA) is 61.8 Å². The van der Waals surface area contributed by atoms with Gasteiger partial charge in [0.2, 0.25) is 0 Å². The summed E-state index contributed by atoms with van der Waals surface area (Å²) in [5.74, 6) is 0. The van der Waals surface area contributed by atoms with Gasteiger partial charge in [0.15, 0.2) is 0 Å². The Morgan fingerprint density at radius 3 is 2.64 bits per heavy atom. The Morgan fingerprint density at radius 1 is 1.18 bits per heavy atom. The van der Waals surface area contributed by atoms with Gasteiger partial charge in [-0.2, -0.15) is 5.26 Å². The fraction of sp³-hybridized carbons (Fsp3) is 0.125. The number of allylic oxidation sites excluding steroid dienone is 3. The van der Waals surface area contributed by atoms with E-state index in [-0.39, 0.29) is 6.04 Å². The molecule has 0 saturated heterocycles. The van der Waals surface area contributed by atoms with Crippen LogP contribution in [0.4, 0.5) is 0 Å². The zero-order chi connectivity index (χ0) is 19.8. The van der Waals surface area contributed by atoms with Gasteiger partial charge in [-0.1, -0.05) is 60.7 Å². The highest BCUT2D eigenvalue weighted by atomic mass is 32.2. The highest BCUT2D eigenvalue weighted by Gasteiger charge is 2.14. The van der Waals surface area contributed by atoms with Crippen LogP contribution in [-0.4, -0.2) is 12.3 Å². The van der Waals surface area contributed by atoms with E-state index in [1.54, 1.807) is 11.8 Å². The molecule has 28 heavy (non-hydrogen) atoms. The Bertz CT molecular complexity index is 976. The third kappa shape index (κ3) is 4.57. The molecule has 3 N–H and O–H groups in total. The van der Waals surface area contributed by atoms with Crippen LogP contribution in [0.25, 0.3) is 16.8 Å². The van der Waals surface area contributed by atoms with Crippen LogP contribution in [0.15, 0.2) is 95.6 Å². The summed E-state index contributed by atoms with van der Waals surface area (Å²) >= 11 is 1.76. The zero-order valence-corrected chi connectivity index (χ0v) is 16.6. The van der Waals surface area contributed by atoms with Gasteiger partial charge in [0.1, 0.15) is 0 Å². The van der Waals surface area contributed by atoms with Crippen molar-refractivity contribution in [1.82, 2.24) is 5.32 Å². The van der Waals surface area contributed by atoms with Crippen LogP contribution in [0.1, 0.15) is 12.0 Å². The van der Waals surface area contributed by atoms with Gasteiger partial charge in [0, 0.05) is 10.6 Å². The lowest BCUT2D eigenvalue weighted by Gasteiger charge is -2.23. The summed E-state index contributed by atoms with van der Waals surface area (Å²) in [6.07, 6.45) is 13.9. The Balaban J connectivity index is 1.82. The van der Waals surface area contributed by atoms with Crippen LogP contribution >= 0.6 is 11.8 Å². The summed E-state index contributed by atoms with van der Waals surface area (Å²) in [7, 11) is 0. The summed E-state index contributed by atoms with van der Waals surface area (Å²) in [6.45, 7) is 0. The number of rotatable bonds is 6. The SMILES string of the molecule is CSc1ccccc1-c1ccc(C2=CC=CC(C(/C=C\N)=C/CC#N)N2)cc1. The van der Waals surface area contributed by atoms with Gasteiger partial charge in [-0.15, -0.1) is 11.8 Å². The summed E-state index contributed by atoms with van der Waals surface area (Å²) in [5.41, 5.74) is 11.2. The average molecular weight is 386 g/mol. The molecule has 0 aromatic heterocycles. The molecule has 1 aliphatic heterocycles. The number of nitrogens with two attached hydrogens (primary N) is 1. The van der Waals surface area contributed by atoms with E-state index in [2.05, 4.69) is 78.3 Å². The van der Waals surface area contributed by atoms with Crippen molar-refractivity contribution >= 4 is 17.5 Å². The molecule has 140 valence electrons. The second kappa shape index (κ2) is 9.68. The quantitative estimate of drug-likeness (QED) is 0.526. The van der Waals surface area contributed by atoms with Gasteiger partial charge in [0.05, 0.1) is 18.5 Å². The third-order valence-electron chi connectivity index (χ3n) is 4.57. The summed E-state index contributed by atoms with van der Waals surface area (Å²) < 4.78 is 0. The fourth-order valence-corrected chi connectivity index (χ4v) is 3.81. The summed E-state index contributed by atoms with van der Waals surface area (Å²) in [4.78, 5) is 1.27. The first-order valence-corrected chi connectivity index (χ1v) is 10.3. The van der Waals surface area contributed by atoms with E-state index in [0.717, 1.165) is 16.8 Å². The number of hydrogen-bond acceptors (Lipinski definition) is 4. The molecule has 0 bridgehead atoms. The van der Waals surface area contributed by atoms with E-state index in [0.29, 0.717) is 6.42 Å². The van der Waals surface area contributed by atoms with Crippen molar-refractivity contribution in [3.63, 3.8) is 0 Å². The number of hydrogen-bond donors (Lipinski definition) is 2. The molecular formula is C24H23N3S. The van der Waals surface area contributed by atoms with Crippen LogP contribution in [0, 0.1) is 11.3 Å². The maximum absolute atomic E-state index is 8.87. The molecule has 0 amide bonds. The molecule has 2 aromatic rings. The van der Waals surface area contributed by atoms with Crippen molar-refractivity contribution in [2.45, 2.75) is 17.4 Å². The van der Waals surface area contributed by atoms with Crippen LogP contribution in [0.3, 0.4) is 0 Å². The van der Waals surface area contributed by atoms with Crippen molar-refractivity contribution in [2.75, 3.05) is 6.26 Å². The van der Waals surface area contributed by atoms with E-state index in [1.807, 2.05) is 18.2 Å². The number of nitrogens with one attached hydrogen (secondary N) is 1. The van der Waals surface area contributed by atoms with E-state index in [4.69, 9.17) is 11.0 Å². The minimum Gasteiger partial charge on any atom is -0.405 e. The first-order chi connectivity index (χ1) is 13.8. The van der Waals surface area contributed by atoms with Gasteiger partial charge in [-0.3, -0.25) is 0 Å². The number of dihydropyridines is 1. The molecule has 3 nitrogen and oxygen atoms in total. The minimum absolute atomic E-state index is 0.00922. The Labute approximate surface area is 171 Å². The van der Waals surface area contributed by atoms with Gasteiger partial charge in [0.25, 0.3) is 0 Å². The molecule has 2 aromatic carbocycles. The van der Waals surface area contributed by atoms with Gasteiger partial charge in [-0.25, -0.2) is 0 Å². The first kappa shape index (κ1) is 19.6. The average Bonchev–Trinajstić information content (AvgIpc) is 2.77. The molecule has 0 spiro atoms. The second-order valence-corrected chi connectivity index (χ2v) is 7.14. The lowest BCUT2D eigenvalue weighted by molar-refractivity contribution is 0.815. The molecule has 0 fully saturated rings. The third-order valence-corrected chi connectivity index (χ3v) is 5.36. The van der Waals surface area contributed by atoms with E-state index in [9.17, 15) is 0 Å². The number of nitrogens with zero attached hydrogens (tertiary/aromatic N) is 1. The van der Waals surface area contributed by atoms with E-state index >= 15 is 0 Å². The lowest BCUT2D eigenvalue weighted by Crippen LogP contribution is -2.29. The molecule has 1 aliphatic rings. The predicted octanol–water partition coefficient (Wildman–Crippen LogP) is 5.26. The Morgan fingerprint density at radius 2 is 1.93 bits per heavy atom. The lowest BCUT2D eigenvalue weighted by atomic mass is 9.98. The molecule has 1 heterocycles. The molecule has 4 heteroatoms. The van der Waals surface area contributed by atoms with Crippen LogP contribution in [0.5, 0.6) is 0 Å². The highest BCUT2D eigenvalue weighted by Crippen LogP contribution is 2.31. The molecule has 1 unspecified atom stereocenters. The van der Waals surface area contributed by atoms with Crippen molar-refractivity contribution < 1.29 is 0 Å². The standard InChI is InChI=1S/C24H23N3S/c1-28-24-10-3-2-7-21(24)18-11-13-20(14-12-18)23-9-4-8-22(27-23)19(15-17-26)6-5-16-25/h2-4,6-15,17,22,27H,5,26H2,1H3/b17-15-,19-6+. The normalized spacial score (nSPS) is 16.5. The molecule has 0 radical (unpaired) electrons. The van der Waals surface area contributed by atoms with Gasteiger partial charge >= 0.3 is 0 Å². The van der Waals surface area contributed by atoms with E-state index < -0.39 is 0 Å². The van der Waals surface area contributed by atoms with Crippen LogP contribution in [-0.2, 0) is 0 Å². The molecule has 0 saturated carbocycles. The van der Waals surface area contributed by atoms with Crippen molar-refractivity contribution in [1.29, 1.82) is 5.26 Å². The highest BCUT2D eigenvalue weighted by molar-refractivity contribution is 7.98. The number of benzene rings is 2. The zero-order valence-electron chi connectivity index (χ0n) is 15.8. The maximum atomic E-state index is 8.87. The Hall–Kier alpha value is -3.16. The molecule has 1 atom stereocenters. The summed E-state index contributed by atoms with van der Waals surface area (Å²) in [6, 6.07) is 19.2. The number of nitriles is 1. The Kier molecular flexibility index (Phi) is 6.78. The number of thioether (sulfide) groups is 1. The van der Waals surface area contributed by atoms with Crippen molar-refractivity contribution in [3.05, 3.63) is 96.2 Å². The monoisotopic (exact) mass is 385 g/mol. The minimum atomic E-state index is -0.00922. The smallest absolute Gasteiger partial charge is 0.0699 e. The maximum Gasteiger partial charge on any atom is 0.0699 e. The van der Waals surface area contributed by atoms with Gasteiger partial charge in [-0.05, 0) is 52.9 Å². The first-order valence-electron chi connectivity index (χ1n) is 9.11. The second-order valence-electron chi connectivity index (χ2n) is 6.29. The molecule has 3 rings (SSSR count). The van der Waals surface area contributed by atoms with Crippen LogP contribution in [0.2, 0.25) is 0 Å². The molecular weight excluding hydrogens is 362 g/mol. The van der Waals surface area contributed by atoms with Crippen molar-refractivity contribution in [3.8, 4) is 17.2 Å². The molecule has 0 aliphatic carbocycles. The predicted molar refractivity (Wildman–Crippen MR) is 119 cm³/mol. The van der Waals surface area contributed by atoms with E-state index in [1.165, 1.54) is 22.2 Å². The van der Waals surface area contributed by atoms with Crippen LogP contribution < -0.4 is 11.1 Å². The summed E-state index contributed by atoms with van der Waals surface area (Å²) in [5, 5.41) is 12.4.